The normalized spacial score (nSPS) is 22.0. The average molecular weight is 237 g/mol. The zero-order chi connectivity index (χ0) is 12.3. The van der Waals surface area contributed by atoms with Gasteiger partial charge in [0.25, 0.3) is 0 Å². The molecule has 16 heavy (non-hydrogen) atoms. The van der Waals surface area contributed by atoms with Gasteiger partial charge in [0.15, 0.2) is 0 Å². The Morgan fingerprint density at radius 2 is 1.94 bits per heavy atom. The molecule has 0 aromatic rings. The fraction of sp³-hybridized carbons (Fsp3) is 0.900. The lowest BCUT2D eigenvalue weighted by molar-refractivity contribution is -0.185. The lowest BCUT2D eigenvalue weighted by Gasteiger charge is -2.36. The fourth-order valence-electron chi connectivity index (χ4n) is 2.11. The molecule has 1 atom stereocenters. The summed E-state index contributed by atoms with van der Waals surface area (Å²) in [4.78, 5) is 1.98. The maximum Gasteiger partial charge on any atom is 0.391 e. The van der Waals surface area contributed by atoms with Crippen LogP contribution in [0.3, 0.4) is 0 Å². The third-order valence-electron chi connectivity index (χ3n) is 3.13. The number of nitrogens with one attached hydrogen (secondary N) is 1. The fourth-order valence-corrected chi connectivity index (χ4v) is 2.11. The van der Waals surface area contributed by atoms with E-state index >= 15 is 0 Å². The second-order valence-corrected chi connectivity index (χ2v) is 4.43. The Kier molecular flexibility index (Phi) is 4.18. The Balaban J connectivity index is 2.40. The first kappa shape index (κ1) is 13.3. The molecular formula is C10H18F3N3. The summed E-state index contributed by atoms with van der Waals surface area (Å²) in [7, 11) is 0. The highest BCUT2D eigenvalue weighted by Gasteiger charge is 2.41. The molecule has 3 N–H and O–H groups in total. The summed E-state index contributed by atoms with van der Waals surface area (Å²) in [5.74, 6) is -1.07. The number of rotatable bonds is 3. The van der Waals surface area contributed by atoms with E-state index in [1.165, 1.54) is 0 Å². The molecule has 1 unspecified atom stereocenters. The summed E-state index contributed by atoms with van der Waals surface area (Å²) in [5, 5.41) is 7.15. The lowest BCUT2D eigenvalue weighted by Crippen LogP contribution is -2.44. The molecule has 0 radical (unpaired) electrons. The minimum Gasteiger partial charge on any atom is -0.388 e. The number of hydrogen-bond acceptors (Lipinski definition) is 2. The highest BCUT2D eigenvalue weighted by molar-refractivity contribution is 5.77. The highest BCUT2D eigenvalue weighted by Crippen LogP contribution is 2.34. The Bertz CT molecular complexity index is 244. The van der Waals surface area contributed by atoms with Crippen molar-refractivity contribution in [3.63, 3.8) is 0 Å². The third-order valence-corrected chi connectivity index (χ3v) is 3.13. The molecule has 1 aliphatic rings. The van der Waals surface area contributed by atoms with Crippen LogP contribution in [0, 0.1) is 11.3 Å². The molecule has 0 aromatic heterocycles. The highest BCUT2D eigenvalue weighted by atomic mass is 19.4. The maximum absolute atomic E-state index is 12.4. The van der Waals surface area contributed by atoms with Gasteiger partial charge in [-0.2, -0.15) is 13.2 Å². The average Bonchev–Trinajstić information content (AvgIpc) is 2.15. The van der Waals surface area contributed by atoms with Crippen LogP contribution in [-0.2, 0) is 0 Å². The zero-order valence-corrected chi connectivity index (χ0v) is 9.35. The number of halogens is 3. The van der Waals surface area contributed by atoms with Gasteiger partial charge in [-0.05, 0) is 32.9 Å². The smallest absolute Gasteiger partial charge is 0.388 e. The van der Waals surface area contributed by atoms with Crippen LogP contribution in [0.4, 0.5) is 13.2 Å². The SMILES string of the molecule is CC(CC(=N)N)N1CCC(C(F)(F)F)CC1. The second kappa shape index (κ2) is 5.03. The van der Waals surface area contributed by atoms with Crippen LogP contribution in [0.15, 0.2) is 0 Å². The van der Waals surface area contributed by atoms with Gasteiger partial charge in [-0.3, -0.25) is 5.41 Å². The Labute approximate surface area is 93.3 Å². The number of likely N-dealkylation sites (tertiary alicyclic amines) is 1. The van der Waals surface area contributed by atoms with E-state index in [1.54, 1.807) is 0 Å². The summed E-state index contributed by atoms with van der Waals surface area (Å²) in [6, 6.07) is 0.0617. The molecule has 0 amide bonds. The molecule has 0 bridgehead atoms. The first-order valence-electron chi connectivity index (χ1n) is 5.44. The predicted molar refractivity (Wildman–Crippen MR) is 56.3 cm³/mol. The predicted octanol–water partition coefficient (Wildman–Crippen LogP) is 1.98. The van der Waals surface area contributed by atoms with Gasteiger partial charge in [0, 0.05) is 12.5 Å². The van der Waals surface area contributed by atoms with Gasteiger partial charge in [-0.15, -0.1) is 0 Å². The zero-order valence-electron chi connectivity index (χ0n) is 9.35. The van der Waals surface area contributed by atoms with Crippen molar-refractivity contribution in [3.05, 3.63) is 0 Å². The van der Waals surface area contributed by atoms with Crippen molar-refractivity contribution < 1.29 is 13.2 Å². The van der Waals surface area contributed by atoms with E-state index in [9.17, 15) is 13.2 Å². The Hall–Kier alpha value is -0.780. The van der Waals surface area contributed by atoms with Crippen LogP contribution < -0.4 is 5.73 Å². The van der Waals surface area contributed by atoms with Gasteiger partial charge in [-0.25, -0.2) is 0 Å². The van der Waals surface area contributed by atoms with E-state index in [-0.39, 0.29) is 24.7 Å². The molecule has 3 nitrogen and oxygen atoms in total. The van der Waals surface area contributed by atoms with Crippen molar-refractivity contribution in [1.29, 1.82) is 5.41 Å². The largest absolute Gasteiger partial charge is 0.391 e. The topological polar surface area (TPSA) is 53.1 Å². The Morgan fingerprint density at radius 1 is 1.44 bits per heavy atom. The molecule has 1 aliphatic heterocycles. The van der Waals surface area contributed by atoms with E-state index in [0.717, 1.165) is 0 Å². The number of amidine groups is 1. The molecule has 6 heteroatoms. The second-order valence-electron chi connectivity index (χ2n) is 4.43. The number of piperidine rings is 1. The molecule has 0 aromatic carbocycles. The molecule has 1 heterocycles. The van der Waals surface area contributed by atoms with Gasteiger partial charge < -0.3 is 10.6 Å². The van der Waals surface area contributed by atoms with E-state index in [4.69, 9.17) is 11.1 Å². The summed E-state index contributed by atoms with van der Waals surface area (Å²) < 4.78 is 37.2. The summed E-state index contributed by atoms with van der Waals surface area (Å²) in [6.07, 6.45) is -3.32. The van der Waals surface area contributed by atoms with Gasteiger partial charge in [0.1, 0.15) is 0 Å². The number of nitrogens with zero attached hydrogens (tertiary/aromatic N) is 1. The van der Waals surface area contributed by atoms with Crippen molar-refractivity contribution in [2.75, 3.05) is 13.1 Å². The standard InChI is InChI=1S/C10H18F3N3/c1-7(6-9(14)15)16-4-2-8(3-5-16)10(11,12)13/h7-8H,2-6H2,1H3,(H3,14,15). The van der Waals surface area contributed by atoms with E-state index in [0.29, 0.717) is 19.5 Å². The molecule has 94 valence electrons. The molecule has 1 fully saturated rings. The summed E-state index contributed by atoms with van der Waals surface area (Å²) >= 11 is 0. The molecule has 1 rings (SSSR count). The van der Waals surface area contributed by atoms with Gasteiger partial charge in [0.05, 0.1) is 11.8 Å². The first-order chi connectivity index (χ1) is 7.30. The van der Waals surface area contributed by atoms with Gasteiger partial charge >= 0.3 is 6.18 Å². The molecule has 1 saturated heterocycles. The minimum atomic E-state index is -4.06. The van der Waals surface area contributed by atoms with Gasteiger partial charge in [0.2, 0.25) is 0 Å². The van der Waals surface area contributed by atoms with Crippen molar-refractivity contribution in [3.8, 4) is 0 Å². The van der Waals surface area contributed by atoms with Crippen LogP contribution in [0.1, 0.15) is 26.2 Å². The van der Waals surface area contributed by atoms with Crippen LogP contribution in [-0.4, -0.2) is 36.0 Å². The van der Waals surface area contributed by atoms with Crippen molar-refractivity contribution in [2.45, 2.75) is 38.4 Å². The molecular weight excluding hydrogens is 219 g/mol. The first-order valence-corrected chi connectivity index (χ1v) is 5.44. The van der Waals surface area contributed by atoms with E-state index in [1.807, 2.05) is 11.8 Å². The van der Waals surface area contributed by atoms with Gasteiger partial charge in [-0.1, -0.05) is 0 Å². The third kappa shape index (κ3) is 3.66. The van der Waals surface area contributed by atoms with Crippen LogP contribution in [0.2, 0.25) is 0 Å². The Morgan fingerprint density at radius 3 is 2.31 bits per heavy atom. The molecule has 0 spiro atoms. The van der Waals surface area contributed by atoms with Crippen molar-refractivity contribution in [2.24, 2.45) is 11.7 Å². The van der Waals surface area contributed by atoms with E-state index in [2.05, 4.69) is 0 Å². The summed E-state index contributed by atoms with van der Waals surface area (Å²) in [6.45, 7) is 2.78. The summed E-state index contributed by atoms with van der Waals surface area (Å²) in [5.41, 5.74) is 5.27. The number of hydrogen-bond donors (Lipinski definition) is 2. The van der Waals surface area contributed by atoms with Crippen LogP contribution in [0.5, 0.6) is 0 Å². The van der Waals surface area contributed by atoms with E-state index < -0.39 is 12.1 Å². The number of nitrogens with two attached hydrogens (primary N) is 1. The monoisotopic (exact) mass is 237 g/mol. The van der Waals surface area contributed by atoms with Crippen LogP contribution in [0.25, 0.3) is 0 Å². The maximum atomic E-state index is 12.4. The lowest BCUT2D eigenvalue weighted by atomic mass is 9.95. The van der Waals surface area contributed by atoms with Crippen molar-refractivity contribution in [1.82, 2.24) is 4.90 Å². The quantitative estimate of drug-likeness (QED) is 0.582. The minimum absolute atomic E-state index is 0.0617. The molecule has 0 saturated carbocycles. The number of alkyl halides is 3. The molecule has 0 aliphatic carbocycles. The van der Waals surface area contributed by atoms with Crippen LogP contribution >= 0.6 is 0 Å². The van der Waals surface area contributed by atoms with Crippen molar-refractivity contribution >= 4 is 5.84 Å².